The van der Waals surface area contributed by atoms with E-state index in [-0.39, 0.29) is 24.9 Å². The number of esters is 1. The Morgan fingerprint density at radius 3 is 2.48 bits per heavy atom. The van der Waals surface area contributed by atoms with E-state index in [0.717, 1.165) is 5.56 Å². The first-order valence-corrected chi connectivity index (χ1v) is 7.94. The molecule has 0 saturated heterocycles. The molecule has 1 N–H and O–H groups in total. The second kappa shape index (κ2) is 9.42. The summed E-state index contributed by atoms with van der Waals surface area (Å²) in [5.74, 6) is -0.592. The fourth-order valence-corrected chi connectivity index (χ4v) is 2.09. The standard InChI is InChI=1S/C19H20FNO4/c1-14-5-2-3-6-17(14)19(23)21-13-18(22)25-12-4-11-24-16-9-7-15(20)8-10-16/h2-3,5-10H,4,11-13H2,1H3,(H,21,23). The van der Waals surface area contributed by atoms with E-state index in [1.807, 2.05) is 19.1 Å². The first-order chi connectivity index (χ1) is 12.1. The van der Waals surface area contributed by atoms with Gasteiger partial charge in [0.05, 0.1) is 13.2 Å². The minimum atomic E-state index is -0.510. The third kappa shape index (κ3) is 6.25. The second-order valence-corrected chi connectivity index (χ2v) is 5.37. The van der Waals surface area contributed by atoms with Crippen LogP contribution in [0, 0.1) is 12.7 Å². The number of rotatable bonds is 8. The van der Waals surface area contributed by atoms with Crippen molar-refractivity contribution in [3.05, 3.63) is 65.5 Å². The Labute approximate surface area is 145 Å². The number of ether oxygens (including phenoxy) is 2. The van der Waals surface area contributed by atoms with Crippen LogP contribution < -0.4 is 10.1 Å². The van der Waals surface area contributed by atoms with Gasteiger partial charge in [0, 0.05) is 12.0 Å². The van der Waals surface area contributed by atoms with E-state index >= 15 is 0 Å². The van der Waals surface area contributed by atoms with Gasteiger partial charge in [-0.05, 0) is 42.8 Å². The van der Waals surface area contributed by atoms with Gasteiger partial charge in [0.25, 0.3) is 5.91 Å². The molecule has 2 aromatic carbocycles. The maximum Gasteiger partial charge on any atom is 0.325 e. The number of benzene rings is 2. The summed E-state index contributed by atoms with van der Waals surface area (Å²) in [6.45, 7) is 2.16. The highest BCUT2D eigenvalue weighted by molar-refractivity contribution is 5.97. The predicted molar refractivity (Wildman–Crippen MR) is 91.0 cm³/mol. The molecule has 0 spiro atoms. The summed E-state index contributed by atoms with van der Waals surface area (Å²) in [4.78, 5) is 23.6. The highest BCUT2D eigenvalue weighted by atomic mass is 19.1. The van der Waals surface area contributed by atoms with Crippen molar-refractivity contribution in [2.45, 2.75) is 13.3 Å². The molecule has 25 heavy (non-hydrogen) atoms. The average molecular weight is 345 g/mol. The Bertz CT molecular complexity index is 716. The molecule has 0 aliphatic heterocycles. The lowest BCUT2D eigenvalue weighted by molar-refractivity contribution is -0.142. The summed E-state index contributed by atoms with van der Waals surface area (Å²) in [5.41, 5.74) is 1.37. The van der Waals surface area contributed by atoms with Crippen LogP contribution in [0.2, 0.25) is 0 Å². The van der Waals surface area contributed by atoms with Gasteiger partial charge < -0.3 is 14.8 Å². The minimum Gasteiger partial charge on any atom is -0.493 e. The van der Waals surface area contributed by atoms with E-state index in [9.17, 15) is 14.0 Å². The third-order valence-electron chi connectivity index (χ3n) is 3.42. The van der Waals surface area contributed by atoms with Crippen LogP contribution in [0.1, 0.15) is 22.3 Å². The Morgan fingerprint density at radius 1 is 1.04 bits per heavy atom. The smallest absolute Gasteiger partial charge is 0.325 e. The number of amides is 1. The van der Waals surface area contributed by atoms with E-state index < -0.39 is 5.97 Å². The summed E-state index contributed by atoms with van der Waals surface area (Å²) in [6, 6.07) is 12.8. The lowest BCUT2D eigenvalue weighted by atomic mass is 10.1. The van der Waals surface area contributed by atoms with E-state index in [2.05, 4.69) is 5.32 Å². The van der Waals surface area contributed by atoms with Crippen molar-refractivity contribution in [2.24, 2.45) is 0 Å². The van der Waals surface area contributed by atoms with Crippen molar-refractivity contribution in [1.29, 1.82) is 0 Å². The number of hydrogen-bond acceptors (Lipinski definition) is 4. The molecule has 0 heterocycles. The summed E-state index contributed by atoms with van der Waals surface area (Å²) < 4.78 is 23.1. The molecule has 2 rings (SSSR count). The molecule has 0 radical (unpaired) electrons. The normalized spacial score (nSPS) is 10.2. The van der Waals surface area contributed by atoms with Crippen molar-refractivity contribution in [3.63, 3.8) is 0 Å². The average Bonchev–Trinajstić information content (AvgIpc) is 2.61. The Kier molecular flexibility index (Phi) is 6.95. The SMILES string of the molecule is Cc1ccccc1C(=O)NCC(=O)OCCCOc1ccc(F)cc1. The van der Waals surface area contributed by atoms with Crippen LogP contribution in [0.4, 0.5) is 4.39 Å². The molecule has 0 bridgehead atoms. The third-order valence-corrected chi connectivity index (χ3v) is 3.42. The van der Waals surface area contributed by atoms with Crippen LogP contribution in [0.15, 0.2) is 48.5 Å². The molecule has 132 valence electrons. The number of halogens is 1. The van der Waals surface area contributed by atoms with Crippen LogP contribution in [-0.2, 0) is 9.53 Å². The van der Waals surface area contributed by atoms with Gasteiger partial charge in [-0.1, -0.05) is 18.2 Å². The van der Waals surface area contributed by atoms with Crippen molar-refractivity contribution >= 4 is 11.9 Å². The molecule has 0 aromatic heterocycles. The van der Waals surface area contributed by atoms with Crippen LogP contribution in [0.25, 0.3) is 0 Å². The monoisotopic (exact) mass is 345 g/mol. The van der Waals surface area contributed by atoms with E-state index in [0.29, 0.717) is 24.3 Å². The van der Waals surface area contributed by atoms with Crippen molar-refractivity contribution in [3.8, 4) is 5.75 Å². The molecular weight excluding hydrogens is 325 g/mol. The van der Waals surface area contributed by atoms with Crippen LogP contribution in [0.3, 0.4) is 0 Å². The molecule has 0 saturated carbocycles. The van der Waals surface area contributed by atoms with Crippen LogP contribution in [-0.4, -0.2) is 31.6 Å². The zero-order chi connectivity index (χ0) is 18.1. The number of hydrogen-bond donors (Lipinski definition) is 1. The topological polar surface area (TPSA) is 64.6 Å². The largest absolute Gasteiger partial charge is 0.493 e. The molecule has 0 aliphatic rings. The highest BCUT2D eigenvalue weighted by Gasteiger charge is 2.10. The highest BCUT2D eigenvalue weighted by Crippen LogP contribution is 2.11. The molecular formula is C19H20FNO4. The van der Waals surface area contributed by atoms with Gasteiger partial charge in [-0.25, -0.2) is 4.39 Å². The number of aryl methyl sites for hydroxylation is 1. The Hall–Kier alpha value is -2.89. The Morgan fingerprint density at radius 2 is 1.76 bits per heavy atom. The lowest BCUT2D eigenvalue weighted by Crippen LogP contribution is -2.31. The second-order valence-electron chi connectivity index (χ2n) is 5.37. The summed E-state index contributed by atoms with van der Waals surface area (Å²) >= 11 is 0. The van der Waals surface area contributed by atoms with Crippen molar-refractivity contribution in [1.82, 2.24) is 5.32 Å². The quantitative estimate of drug-likeness (QED) is 0.590. The van der Waals surface area contributed by atoms with E-state index in [4.69, 9.17) is 9.47 Å². The molecule has 5 nitrogen and oxygen atoms in total. The van der Waals surface area contributed by atoms with Gasteiger partial charge in [0.1, 0.15) is 18.1 Å². The zero-order valence-corrected chi connectivity index (χ0v) is 14.0. The maximum atomic E-state index is 12.7. The van der Waals surface area contributed by atoms with E-state index in [1.54, 1.807) is 12.1 Å². The first kappa shape index (κ1) is 18.4. The molecule has 0 aliphatic carbocycles. The summed E-state index contributed by atoms with van der Waals surface area (Å²) in [6.07, 6.45) is 0.495. The maximum absolute atomic E-state index is 12.7. The zero-order valence-electron chi connectivity index (χ0n) is 14.0. The Balaban J connectivity index is 1.60. The minimum absolute atomic E-state index is 0.181. The lowest BCUT2D eigenvalue weighted by Gasteiger charge is -2.09. The van der Waals surface area contributed by atoms with Crippen molar-refractivity contribution in [2.75, 3.05) is 19.8 Å². The van der Waals surface area contributed by atoms with Gasteiger partial charge in [0.15, 0.2) is 0 Å². The predicted octanol–water partition coefficient (Wildman–Crippen LogP) is 2.88. The van der Waals surface area contributed by atoms with Crippen LogP contribution >= 0.6 is 0 Å². The summed E-state index contributed by atoms with van der Waals surface area (Å²) in [7, 11) is 0. The number of nitrogens with one attached hydrogen (secondary N) is 1. The molecule has 0 fully saturated rings. The number of carbonyl (C=O) groups excluding carboxylic acids is 2. The molecule has 2 aromatic rings. The van der Waals surface area contributed by atoms with Crippen molar-refractivity contribution < 1.29 is 23.5 Å². The molecule has 0 atom stereocenters. The van der Waals surface area contributed by atoms with Gasteiger partial charge in [-0.2, -0.15) is 0 Å². The number of carbonyl (C=O) groups is 2. The fourth-order valence-electron chi connectivity index (χ4n) is 2.09. The molecule has 6 heteroatoms. The van der Waals surface area contributed by atoms with Gasteiger partial charge >= 0.3 is 5.97 Å². The molecule has 1 amide bonds. The molecule has 0 unspecified atom stereocenters. The summed E-state index contributed by atoms with van der Waals surface area (Å²) in [5, 5.41) is 2.53. The van der Waals surface area contributed by atoms with Gasteiger partial charge in [-0.15, -0.1) is 0 Å². The van der Waals surface area contributed by atoms with Gasteiger partial charge in [0.2, 0.25) is 0 Å². The first-order valence-electron chi connectivity index (χ1n) is 7.94. The van der Waals surface area contributed by atoms with Crippen LogP contribution in [0.5, 0.6) is 5.75 Å². The van der Waals surface area contributed by atoms with E-state index in [1.165, 1.54) is 24.3 Å². The fraction of sp³-hybridized carbons (Fsp3) is 0.263. The van der Waals surface area contributed by atoms with Gasteiger partial charge in [-0.3, -0.25) is 9.59 Å².